The fraction of sp³-hybridized carbons (Fsp3) is 0.208. The Bertz CT molecular complexity index is 1310. The number of anilines is 1. The lowest BCUT2D eigenvalue weighted by Gasteiger charge is -2.17. The molecule has 0 aliphatic heterocycles. The van der Waals surface area contributed by atoms with Crippen LogP contribution in [0.4, 0.5) is 11.4 Å². The van der Waals surface area contributed by atoms with Crippen molar-refractivity contribution in [2.75, 3.05) is 19.0 Å². The van der Waals surface area contributed by atoms with Gasteiger partial charge in [0, 0.05) is 17.7 Å². The molecule has 0 saturated heterocycles. The number of sulfone groups is 1. The summed E-state index contributed by atoms with van der Waals surface area (Å²) in [5.41, 5.74) is 1.15. The number of ether oxygens (including phenoxy) is 1. The van der Waals surface area contributed by atoms with Gasteiger partial charge in [-0.25, -0.2) is 8.42 Å². The number of nitro groups is 1. The van der Waals surface area contributed by atoms with E-state index in [1.807, 2.05) is 37.3 Å². The molecule has 0 spiro atoms. The average molecular weight is 484 g/mol. The van der Waals surface area contributed by atoms with Crippen LogP contribution in [0.25, 0.3) is 0 Å². The van der Waals surface area contributed by atoms with E-state index in [9.17, 15) is 23.3 Å². The number of carbonyl (C=O) groups is 1. The van der Waals surface area contributed by atoms with E-state index < -0.39 is 14.8 Å². The van der Waals surface area contributed by atoms with E-state index in [0.29, 0.717) is 5.56 Å². The molecule has 1 unspecified atom stereocenters. The molecule has 1 amide bonds. The number of amides is 1. The largest absolute Gasteiger partial charge is 0.497 e. The summed E-state index contributed by atoms with van der Waals surface area (Å²) in [6.07, 6.45) is 0. The van der Waals surface area contributed by atoms with E-state index in [2.05, 4.69) is 10.6 Å². The van der Waals surface area contributed by atoms with Crippen LogP contribution < -0.4 is 15.4 Å². The fourth-order valence-electron chi connectivity index (χ4n) is 3.37. The highest BCUT2D eigenvalue weighted by Gasteiger charge is 2.25. The number of benzene rings is 3. The third-order valence-corrected chi connectivity index (χ3v) is 7.07. The van der Waals surface area contributed by atoms with E-state index in [1.165, 1.54) is 38.3 Å². The molecule has 0 bridgehead atoms. The molecule has 178 valence electrons. The molecule has 34 heavy (non-hydrogen) atoms. The first-order chi connectivity index (χ1) is 16.1. The van der Waals surface area contributed by atoms with E-state index in [4.69, 9.17) is 4.74 Å². The zero-order valence-corrected chi connectivity index (χ0v) is 19.8. The molecule has 0 saturated carbocycles. The third-order valence-electron chi connectivity index (χ3n) is 5.28. The van der Waals surface area contributed by atoms with Gasteiger partial charge in [-0.05, 0) is 37.6 Å². The van der Waals surface area contributed by atoms with Crippen LogP contribution in [-0.2, 0) is 14.6 Å². The van der Waals surface area contributed by atoms with Gasteiger partial charge in [-0.1, -0.05) is 36.4 Å². The van der Waals surface area contributed by atoms with Crippen molar-refractivity contribution >= 4 is 27.1 Å². The minimum absolute atomic E-state index is 0.158. The Kier molecular flexibility index (Phi) is 7.52. The van der Waals surface area contributed by atoms with Crippen LogP contribution in [0.1, 0.15) is 24.1 Å². The maximum Gasteiger partial charge on any atom is 0.273 e. The van der Waals surface area contributed by atoms with Crippen molar-refractivity contribution in [3.8, 4) is 5.75 Å². The molecular weight excluding hydrogens is 458 g/mol. The van der Waals surface area contributed by atoms with Crippen LogP contribution in [0.15, 0.2) is 76.5 Å². The van der Waals surface area contributed by atoms with Crippen molar-refractivity contribution in [2.24, 2.45) is 0 Å². The Hall–Kier alpha value is -3.92. The van der Waals surface area contributed by atoms with Gasteiger partial charge < -0.3 is 15.4 Å². The number of hydrogen-bond acceptors (Lipinski definition) is 7. The first-order valence-electron chi connectivity index (χ1n) is 10.4. The molecule has 9 nitrogen and oxygen atoms in total. The Morgan fingerprint density at radius 1 is 1.09 bits per heavy atom. The monoisotopic (exact) mass is 483 g/mol. The van der Waals surface area contributed by atoms with Crippen molar-refractivity contribution < 1.29 is 22.9 Å². The second-order valence-corrected chi connectivity index (χ2v) is 9.54. The Morgan fingerprint density at radius 2 is 1.79 bits per heavy atom. The third kappa shape index (κ3) is 5.52. The van der Waals surface area contributed by atoms with Crippen LogP contribution in [-0.4, -0.2) is 32.9 Å². The summed E-state index contributed by atoms with van der Waals surface area (Å²) < 4.78 is 32.0. The maximum atomic E-state index is 13.4. The highest BCUT2D eigenvalue weighted by atomic mass is 32.2. The normalized spacial score (nSPS) is 12.0. The van der Waals surface area contributed by atoms with Crippen LogP contribution >= 0.6 is 0 Å². The molecule has 3 aromatic carbocycles. The van der Waals surface area contributed by atoms with Gasteiger partial charge in [-0.3, -0.25) is 14.9 Å². The minimum atomic E-state index is -4.17. The van der Waals surface area contributed by atoms with Gasteiger partial charge in [0.15, 0.2) is 0 Å². The number of rotatable bonds is 9. The van der Waals surface area contributed by atoms with Crippen LogP contribution in [0.5, 0.6) is 5.75 Å². The number of nitrogens with zero attached hydrogens (tertiary/aromatic N) is 1. The Labute approximate surface area is 197 Å². The summed E-state index contributed by atoms with van der Waals surface area (Å²) in [5.74, 6) is -0.0469. The quantitative estimate of drug-likeness (QED) is 0.347. The molecule has 0 aliphatic carbocycles. The lowest BCUT2D eigenvalue weighted by Crippen LogP contribution is -2.32. The molecule has 0 fully saturated rings. The molecule has 0 aliphatic rings. The molecule has 10 heteroatoms. The second-order valence-electron chi connectivity index (χ2n) is 7.62. The highest BCUT2D eigenvalue weighted by Crippen LogP contribution is 2.33. The van der Waals surface area contributed by atoms with Crippen molar-refractivity contribution in [3.05, 3.63) is 88.0 Å². The number of carbonyl (C=O) groups excluding carboxylic acids is 1. The summed E-state index contributed by atoms with van der Waals surface area (Å²) in [4.78, 5) is 22.8. The molecular formula is C24H25N3O6S. The van der Waals surface area contributed by atoms with Crippen LogP contribution in [0.3, 0.4) is 0 Å². The number of nitro benzene ring substituents is 1. The predicted octanol–water partition coefficient (Wildman–Crippen LogP) is 4.03. The Morgan fingerprint density at radius 3 is 2.44 bits per heavy atom. The minimum Gasteiger partial charge on any atom is -0.497 e. The van der Waals surface area contributed by atoms with Crippen molar-refractivity contribution in [1.82, 2.24) is 5.32 Å². The summed E-state index contributed by atoms with van der Waals surface area (Å²) >= 11 is 0. The summed E-state index contributed by atoms with van der Waals surface area (Å²) in [7, 11) is -2.77. The lowest BCUT2D eigenvalue weighted by molar-refractivity contribution is -0.385. The average Bonchev–Trinajstić information content (AvgIpc) is 2.83. The summed E-state index contributed by atoms with van der Waals surface area (Å²) in [6.45, 7) is 3.20. The summed E-state index contributed by atoms with van der Waals surface area (Å²) in [6, 6.07) is 17.3. The van der Waals surface area contributed by atoms with Gasteiger partial charge in [0.25, 0.3) is 5.69 Å². The number of hydrogen-bond donors (Lipinski definition) is 2. The first kappa shape index (κ1) is 24.7. The SMILES string of the molecule is COc1ccc(NCC(=O)NC(C)c2ccccc2)c(S(=O)(=O)c2ccc(C)c([N+](=O)[O-])c2)c1. The molecule has 1 atom stereocenters. The van der Waals surface area contributed by atoms with E-state index in [-0.39, 0.29) is 45.4 Å². The molecule has 3 aromatic rings. The molecule has 3 rings (SSSR count). The number of nitrogens with one attached hydrogen (secondary N) is 2. The van der Waals surface area contributed by atoms with Gasteiger partial charge in [0.05, 0.1) is 40.1 Å². The van der Waals surface area contributed by atoms with E-state index in [0.717, 1.165) is 11.6 Å². The zero-order valence-electron chi connectivity index (χ0n) is 18.9. The molecule has 0 aromatic heterocycles. The van der Waals surface area contributed by atoms with Gasteiger partial charge in [0.1, 0.15) is 5.75 Å². The van der Waals surface area contributed by atoms with Crippen molar-refractivity contribution in [2.45, 2.75) is 29.7 Å². The number of methoxy groups -OCH3 is 1. The van der Waals surface area contributed by atoms with Crippen LogP contribution in [0, 0.1) is 17.0 Å². The topological polar surface area (TPSA) is 128 Å². The fourth-order valence-corrected chi connectivity index (χ4v) is 4.84. The summed E-state index contributed by atoms with van der Waals surface area (Å²) in [5, 5.41) is 17.0. The predicted molar refractivity (Wildman–Crippen MR) is 128 cm³/mol. The standard InChI is InChI=1S/C24H25N3O6S/c1-16-9-11-20(14-22(16)27(29)30)34(31,32)23-13-19(33-3)10-12-21(23)25-15-24(28)26-17(2)18-7-5-4-6-8-18/h4-14,17,25H,15H2,1-3H3,(H,26,28). The molecule has 0 radical (unpaired) electrons. The van der Waals surface area contributed by atoms with Crippen molar-refractivity contribution in [1.29, 1.82) is 0 Å². The lowest BCUT2D eigenvalue weighted by atomic mass is 10.1. The maximum absolute atomic E-state index is 13.4. The Balaban J connectivity index is 1.87. The van der Waals surface area contributed by atoms with E-state index in [1.54, 1.807) is 6.07 Å². The number of aryl methyl sites for hydroxylation is 1. The van der Waals surface area contributed by atoms with Crippen LogP contribution in [0.2, 0.25) is 0 Å². The van der Waals surface area contributed by atoms with Crippen molar-refractivity contribution in [3.63, 3.8) is 0 Å². The van der Waals surface area contributed by atoms with E-state index >= 15 is 0 Å². The molecule has 2 N–H and O–H groups in total. The van der Waals surface area contributed by atoms with Gasteiger partial charge in [0.2, 0.25) is 15.7 Å². The van der Waals surface area contributed by atoms with Gasteiger partial charge >= 0.3 is 0 Å². The highest BCUT2D eigenvalue weighted by molar-refractivity contribution is 7.91. The second kappa shape index (κ2) is 10.3. The zero-order chi connectivity index (χ0) is 24.9. The smallest absolute Gasteiger partial charge is 0.273 e. The van der Waals surface area contributed by atoms with Gasteiger partial charge in [-0.15, -0.1) is 0 Å². The first-order valence-corrected chi connectivity index (χ1v) is 11.9. The van der Waals surface area contributed by atoms with Gasteiger partial charge in [-0.2, -0.15) is 0 Å². The molecule has 0 heterocycles.